The monoisotopic (exact) mass is 347 g/mol. The smallest absolute Gasteiger partial charge is 0.344 e. The van der Waals surface area contributed by atoms with E-state index in [1.807, 2.05) is 24.3 Å². The van der Waals surface area contributed by atoms with Crippen LogP contribution in [0.2, 0.25) is 0 Å². The Morgan fingerprint density at radius 3 is 2.85 bits per heavy atom. The van der Waals surface area contributed by atoms with Crippen LogP contribution in [-0.2, 0) is 13.0 Å². The first-order chi connectivity index (χ1) is 12.7. The predicted molar refractivity (Wildman–Crippen MR) is 95.6 cm³/mol. The van der Waals surface area contributed by atoms with Gasteiger partial charge in [0.2, 0.25) is 5.89 Å². The summed E-state index contributed by atoms with van der Waals surface area (Å²) in [5.74, 6) is 0.450. The molecule has 130 valence electrons. The van der Waals surface area contributed by atoms with Crippen LogP contribution >= 0.6 is 0 Å². The first-order valence-electron chi connectivity index (χ1n) is 8.27. The third-order valence-electron chi connectivity index (χ3n) is 4.17. The molecule has 0 saturated carbocycles. The highest BCUT2D eigenvalue weighted by atomic mass is 16.3. The van der Waals surface area contributed by atoms with Gasteiger partial charge < -0.3 is 9.73 Å². The lowest BCUT2D eigenvalue weighted by atomic mass is 10.0. The molecule has 0 atom stereocenters. The predicted octanol–water partition coefficient (Wildman–Crippen LogP) is 3.08. The van der Waals surface area contributed by atoms with Gasteiger partial charge in [-0.15, -0.1) is 5.10 Å². The van der Waals surface area contributed by atoms with Crippen LogP contribution in [0.15, 0.2) is 59.2 Å². The Labute approximate surface area is 149 Å². The van der Waals surface area contributed by atoms with Crippen molar-refractivity contribution in [3.8, 4) is 0 Å². The van der Waals surface area contributed by atoms with Crippen molar-refractivity contribution in [3.63, 3.8) is 0 Å². The highest BCUT2D eigenvalue weighted by Gasteiger charge is 2.13. The molecule has 2 aromatic heterocycles. The maximum atomic E-state index is 12.3. The molecule has 2 heterocycles. The number of carbonyl (C=O) groups excluding carboxylic acids is 1. The minimum atomic E-state index is -0.377. The number of fused-ring (bicyclic) bond motifs is 1. The topological polar surface area (TPSA) is 85.8 Å². The lowest BCUT2D eigenvalue weighted by Crippen LogP contribution is -2.29. The summed E-state index contributed by atoms with van der Waals surface area (Å²) in [6.45, 7) is 2.25. The maximum absolute atomic E-state index is 12.3. The molecule has 0 saturated heterocycles. The molecule has 0 bridgehead atoms. The number of hydrogen-bond donors (Lipinski definition) is 1. The fraction of sp³-hybridized carbons (Fsp3) is 0.158. The average molecular weight is 347 g/mol. The van der Waals surface area contributed by atoms with Gasteiger partial charge >= 0.3 is 6.03 Å². The van der Waals surface area contributed by atoms with Crippen molar-refractivity contribution in [2.24, 2.45) is 0 Å². The molecule has 0 spiro atoms. The summed E-state index contributed by atoms with van der Waals surface area (Å²) in [4.78, 5) is 16.8. The minimum Gasteiger partial charge on any atom is -0.447 e. The third kappa shape index (κ3) is 3.19. The van der Waals surface area contributed by atoms with Gasteiger partial charge in [0.1, 0.15) is 11.8 Å². The quantitative estimate of drug-likeness (QED) is 0.613. The van der Waals surface area contributed by atoms with Crippen LogP contribution in [0.1, 0.15) is 22.7 Å². The first-order valence-corrected chi connectivity index (χ1v) is 8.27. The zero-order chi connectivity index (χ0) is 17.9. The minimum absolute atomic E-state index is 0.181. The van der Waals surface area contributed by atoms with Crippen LogP contribution < -0.4 is 5.32 Å². The third-order valence-corrected chi connectivity index (χ3v) is 4.17. The number of oxazole rings is 1. The molecule has 0 radical (unpaired) electrons. The summed E-state index contributed by atoms with van der Waals surface area (Å²) >= 11 is 0. The number of carbonyl (C=O) groups is 1. The Balaban J connectivity index is 1.42. The molecule has 0 aliphatic rings. The van der Waals surface area contributed by atoms with Crippen molar-refractivity contribution < 1.29 is 9.21 Å². The maximum Gasteiger partial charge on any atom is 0.344 e. The van der Waals surface area contributed by atoms with Crippen molar-refractivity contribution >= 4 is 17.1 Å². The fourth-order valence-corrected chi connectivity index (χ4v) is 2.76. The molecule has 0 fully saturated rings. The van der Waals surface area contributed by atoms with E-state index in [1.165, 1.54) is 15.8 Å². The number of nitrogens with zero attached hydrogens (tertiary/aromatic N) is 4. The van der Waals surface area contributed by atoms with Gasteiger partial charge in [-0.25, -0.2) is 9.78 Å². The van der Waals surface area contributed by atoms with E-state index < -0.39 is 0 Å². The van der Waals surface area contributed by atoms with E-state index in [4.69, 9.17) is 4.42 Å². The van der Waals surface area contributed by atoms with Crippen molar-refractivity contribution in [1.82, 2.24) is 25.3 Å². The van der Waals surface area contributed by atoms with Crippen LogP contribution in [0.5, 0.6) is 0 Å². The number of amides is 1. The second-order valence-electron chi connectivity index (χ2n) is 5.98. The number of hydrogen-bond acceptors (Lipinski definition) is 5. The molecule has 0 aliphatic heterocycles. The van der Waals surface area contributed by atoms with Crippen LogP contribution in [0.3, 0.4) is 0 Å². The molecule has 4 aromatic rings. The first kappa shape index (κ1) is 16.0. The number of rotatable bonds is 4. The van der Waals surface area contributed by atoms with Gasteiger partial charge in [0.15, 0.2) is 0 Å². The molecule has 1 amide bonds. The largest absolute Gasteiger partial charge is 0.447 e. The number of aryl methyl sites for hydroxylation is 1. The zero-order valence-electron chi connectivity index (χ0n) is 14.2. The lowest BCUT2D eigenvalue weighted by Gasteiger charge is -2.03. The highest BCUT2D eigenvalue weighted by molar-refractivity contribution is 5.87. The summed E-state index contributed by atoms with van der Waals surface area (Å²) in [7, 11) is 0. The van der Waals surface area contributed by atoms with Gasteiger partial charge in [-0.2, -0.15) is 4.68 Å². The molecule has 7 nitrogen and oxygen atoms in total. The molecular weight excluding hydrogens is 330 g/mol. The molecule has 0 aliphatic carbocycles. The molecule has 0 unspecified atom stereocenters. The molecule has 4 rings (SSSR count). The zero-order valence-corrected chi connectivity index (χ0v) is 14.2. The highest BCUT2D eigenvalue weighted by Crippen LogP contribution is 2.14. The van der Waals surface area contributed by atoms with E-state index in [9.17, 15) is 4.79 Å². The number of nitrogens with one attached hydrogen (secondary N) is 1. The second-order valence-corrected chi connectivity index (χ2v) is 5.98. The van der Waals surface area contributed by atoms with Gasteiger partial charge in [0.05, 0.1) is 17.8 Å². The molecule has 26 heavy (non-hydrogen) atoms. The Morgan fingerprint density at radius 2 is 1.96 bits per heavy atom. The van der Waals surface area contributed by atoms with E-state index >= 15 is 0 Å². The Bertz CT molecular complexity index is 1070. The van der Waals surface area contributed by atoms with Gasteiger partial charge in [-0.05, 0) is 30.2 Å². The normalized spacial score (nSPS) is 11.0. The average Bonchev–Trinajstić information content (AvgIpc) is 3.28. The number of para-hydroxylation sites is 1. The van der Waals surface area contributed by atoms with Crippen LogP contribution in [0.25, 0.3) is 11.0 Å². The van der Waals surface area contributed by atoms with Gasteiger partial charge in [0, 0.05) is 6.42 Å². The molecule has 2 aromatic carbocycles. The second kappa shape index (κ2) is 6.79. The summed E-state index contributed by atoms with van der Waals surface area (Å²) in [6, 6.07) is 15.1. The van der Waals surface area contributed by atoms with E-state index in [0.29, 0.717) is 23.3 Å². The Morgan fingerprint density at radius 1 is 1.15 bits per heavy atom. The number of benzene rings is 2. The summed E-state index contributed by atoms with van der Waals surface area (Å²) in [6.07, 6.45) is 2.32. The fourth-order valence-electron chi connectivity index (χ4n) is 2.76. The molecular formula is C19H17N5O2. The van der Waals surface area contributed by atoms with Crippen LogP contribution in [0.4, 0.5) is 4.79 Å². The van der Waals surface area contributed by atoms with Gasteiger partial charge in [-0.3, -0.25) is 0 Å². The van der Waals surface area contributed by atoms with Crippen LogP contribution in [-0.4, -0.2) is 26.0 Å². The van der Waals surface area contributed by atoms with E-state index in [2.05, 4.69) is 39.7 Å². The molecule has 1 N–H and O–H groups in total. The van der Waals surface area contributed by atoms with Crippen molar-refractivity contribution in [2.45, 2.75) is 19.9 Å². The summed E-state index contributed by atoms with van der Waals surface area (Å²) in [5.41, 5.74) is 4.56. The van der Waals surface area contributed by atoms with Crippen molar-refractivity contribution in [3.05, 3.63) is 77.5 Å². The standard InChI is InChI=1S/C19H17N5O2/c1-13-6-2-3-7-14(13)10-15-12-26-18(21-15)11-20-19(25)24-17-9-5-4-8-16(17)22-23-24/h2-9,12H,10-11H2,1H3,(H,20,25). The van der Waals surface area contributed by atoms with Crippen LogP contribution in [0, 0.1) is 6.92 Å². The van der Waals surface area contributed by atoms with Crippen molar-refractivity contribution in [1.29, 1.82) is 0 Å². The SMILES string of the molecule is Cc1ccccc1Cc1coc(CNC(=O)n2nnc3ccccc32)n1. The van der Waals surface area contributed by atoms with E-state index in [1.54, 1.807) is 18.4 Å². The van der Waals surface area contributed by atoms with Crippen molar-refractivity contribution in [2.75, 3.05) is 0 Å². The van der Waals surface area contributed by atoms with E-state index in [0.717, 1.165) is 5.69 Å². The summed E-state index contributed by atoms with van der Waals surface area (Å²) in [5, 5.41) is 10.6. The number of aromatic nitrogens is 4. The van der Waals surface area contributed by atoms with Gasteiger partial charge in [-0.1, -0.05) is 41.6 Å². The molecule has 7 heteroatoms. The lowest BCUT2D eigenvalue weighted by molar-refractivity contribution is 0.238. The summed E-state index contributed by atoms with van der Waals surface area (Å²) < 4.78 is 6.69. The Kier molecular flexibility index (Phi) is 4.18. The Hall–Kier alpha value is -3.48. The van der Waals surface area contributed by atoms with Gasteiger partial charge in [0.25, 0.3) is 0 Å². The van der Waals surface area contributed by atoms with E-state index in [-0.39, 0.29) is 12.6 Å².